The van der Waals surface area contributed by atoms with Gasteiger partial charge in [-0.3, -0.25) is 19.8 Å². The summed E-state index contributed by atoms with van der Waals surface area (Å²) in [4.78, 5) is 32.1. The molecule has 1 aliphatic rings. The van der Waals surface area contributed by atoms with Crippen molar-refractivity contribution in [1.29, 1.82) is 0 Å². The normalized spacial score (nSPS) is 14.2. The van der Waals surface area contributed by atoms with E-state index in [2.05, 4.69) is 24.5 Å². The van der Waals surface area contributed by atoms with Crippen molar-refractivity contribution in [2.24, 2.45) is 0 Å². The number of nitrogens with zero attached hydrogens (tertiary/aromatic N) is 5. The molecule has 0 bridgehead atoms. The number of aryl methyl sites for hydroxylation is 1. The van der Waals surface area contributed by atoms with E-state index in [9.17, 15) is 19.3 Å². The Morgan fingerprint density at radius 2 is 1.91 bits per heavy atom. The van der Waals surface area contributed by atoms with E-state index in [1.165, 1.54) is 29.7 Å². The zero-order valence-corrected chi connectivity index (χ0v) is 19.6. The van der Waals surface area contributed by atoms with E-state index >= 15 is 0 Å². The predicted molar refractivity (Wildman–Crippen MR) is 128 cm³/mol. The average molecular weight is 485 g/mol. The second-order valence-electron chi connectivity index (χ2n) is 8.14. The first kappa shape index (κ1) is 23.7. The second-order valence-corrected chi connectivity index (χ2v) is 8.87. The lowest BCUT2D eigenvalue weighted by Crippen LogP contribution is -2.48. The number of benzene rings is 2. The molecule has 9 nitrogen and oxygen atoms in total. The number of nitro benzene ring substituents is 1. The number of hydrogen-bond acceptors (Lipinski definition) is 8. The smallest absolute Gasteiger partial charge is 0.273 e. The van der Waals surface area contributed by atoms with Gasteiger partial charge in [0.15, 0.2) is 0 Å². The summed E-state index contributed by atoms with van der Waals surface area (Å²) in [6, 6.07) is 10.9. The number of halogens is 1. The summed E-state index contributed by atoms with van der Waals surface area (Å²) in [5.41, 5.74) is 1.73. The molecule has 1 aliphatic heterocycles. The van der Waals surface area contributed by atoms with Gasteiger partial charge in [0, 0.05) is 74.4 Å². The zero-order chi connectivity index (χ0) is 24.1. The molecule has 11 heteroatoms. The van der Waals surface area contributed by atoms with Crippen LogP contribution in [0.1, 0.15) is 27.3 Å². The largest absolute Gasteiger partial charge is 0.351 e. The molecule has 2 heterocycles. The van der Waals surface area contributed by atoms with E-state index in [0.29, 0.717) is 25.1 Å². The first-order valence-corrected chi connectivity index (χ1v) is 11.7. The zero-order valence-electron chi connectivity index (χ0n) is 18.7. The van der Waals surface area contributed by atoms with E-state index in [1.54, 1.807) is 31.2 Å². The maximum atomic E-state index is 13.1. The summed E-state index contributed by atoms with van der Waals surface area (Å²) in [6.07, 6.45) is 0.570. The van der Waals surface area contributed by atoms with Gasteiger partial charge in [0.25, 0.3) is 11.6 Å². The fourth-order valence-corrected chi connectivity index (χ4v) is 4.51. The molecule has 0 unspecified atom stereocenters. The Labute approximate surface area is 200 Å². The summed E-state index contributed by atoms with van der Waals surface area (Å²) >= 11 is 1.37. The molecule has 4 rings (SSSR count). The van der Waals surface area contributed by atoms with Crippen LogP contribution < -0.4 is 10.2 Å². The van der Waals surface area contributed by atoms with Crippen LogP contribution in [0.25, 0.3) is 0 Å². The summed E-state index contributed by atoms with van der Waals surface area (Å²) in [5.74, 6) is 0.157. The number of nitro groups is 1. The Morgan fingerprint density at radius 3 is 2.62 bits per heavy atom. The summed E-state index contributed by atoms with van der Waals surface area (Å²) in [7, 11) is 0. The van der Waals surface area contributed by atoms with Crippen molar-refractivity contribution in [2.75, 3.05) is 44.2 Å². The maximum Gasteiger partial charge on any atom is 0.273 e. The molecular weight excluding hydrogens is 459 g/mol. The van der Waals surface area contributed by atoms with Crippen LogP contribution in [-0.2, 0) is 6.42 Å². The number of amides is 1. The highest BCUT2D eigenvalue weighted by molar-refractivity contribution is 7.09. The van der Waals surface area contributed by atoms with Crippen molar-refractivity contribution < 1.29 is 14.1 Å². The van der Waals surface area contributed by atoms with Gasteiger partial charge in [0.1, 0.15) is 11.6 Å². The molecule has 178 valence electrons. The molecule has 1 amide bonds. The minimum absolute atomic E-state index is 0.0544. The Bertz CT molecular complexity index is 1160. The molecule has 0 atom stereocenters. The monoisotopic (exact) mass is 484 g/mol. The summed E-state index contributed by atoms with van der Waals surface area (Å²) in [5, 5.41) is 14.8. The molecule has 1 N–H and O–H groups in total. The molecule has 0 radical (unpaired) electrons. The highest BCUT2D eigenvalue weighted by atomic mass is 32.1. The fraction of sp³-hybridized carbons (Fsp3) is 0.348. The van der Waals surface area contributed by atoms with Crippen LogP contribution in [0.5, 0.6) is 0 Å². The molecule has 3 aromatic rings. The van der Waals surface area contributed by atoms with E-state index in [4.69, 9.17) is 0 Å². The molecule has 0 aliphatic carbocycles. The average Bonchev–Trinajstić information content (AvgIpc) is 3.29. The number of rotatable bonds is 8. The number of hydrogen-bond donors (Lipinski definition) is 1. The van der Waals surface area contributed by atoms with E-state index in [0.717, 1.165) is 42.7 Å². The standard InChI is InChI=1S/C23H25FN6O3S/c1-16-2-5-18(15-20(16)30(32)33)22(31)25-8-9-28-10-12-29(13-11-28)23-26-21(27-34-23)14-17-3-6-19(24)7-4-17/h2-7,15H,8-14H2,1H3,(H,25,31). The van der Waals surface area contributed by atoms with Crippen molar-refractivity contribution in [3.63, 3.8) is 0 Å². The van der Waals surface area contributed by atoms with Crippen LogP contribution in [0, 0.1) is 22.9 Å². The third kappa shape index (κ3) is 5.91. The van der Waals surface area contributed by atoms with Gasteiger partial charge in [0.05, 0.1) is 4.92 Å². The molecule has 34 heavy (non-hydrogen) atoms. The number of anilines is 1. The van der Waals surface area contributed by atoms with E-state index in [-0.39, 0.29) is 23.0 Å². The van der Waals surface area contributed by atoms with Crippen molar-refractivity contribution in [3.8, 4) is 0 Å². The minimum atomic E-state index is -0.477. The van der Waals surface area contributed by atoms with Crippen LogP contribution >= 0.6 is 11.5 Å². The van der Waals surface area contributed by atoms with Crippen LogP contribution in [0.2, 0.25) is 0 Å². The van der Waals surface area contributed by atoms with Crippen molar-refractivity contribution >= 4 is 28.3 Å². The Balaban J connectivity index is 1.21. The number of carbonyl (C=O) groups excluding carboxylic acids is 1. The van der Waals surface area contributed by atoms with Crippen LogP contribution in [0.3, 0.4) is 0 Å². The highest BCUT2D eigenvalue weighted by Crippen LogP contribution is 2.21. The molecule has 2 aromatic carbocycles. The Morgan fingerprint density at radius 1 is 1.18 bits per heavy atom. The topological polar surface area (TPSA) is 104 Å². The second kappa shape index (κ2) is 10.7. The van der Waals surface area contributed by atoms with Gasteiger partial charge in [-0.05, 0) is 30.7 Å². The first-order chi connectivity index (χ1) is 16.4. The number of nitrogens with one attached hydrogen (secondary N) is 1. The third-order valence-electron chi connectivity index (χ3n) is 5.76. The maximum absolute atomic E-state index is 13.1. The van der Waals surface area contributed by atoms with Gasteiger partial charge in [-0.1, -0.05) is 18.2 Å². The fourth-order valence-electron chi connectivity index (χ4n) is 3.77. The lowest BCUT2D eigenvalue weighted by atomic mass is 10.1. The molecule has 1 fully saturated rings. The summed E-state index contributed by atoms with van der Waals surface area (Å²) in [6.45, 7) is 6.08. The summed E-state index contributed by atoms with van der Waals surface area (Å²) < 4.78 is 17.5. The number of piperazine rings is 1. The van der Waals surface area contributed by atoms with Crippen LogP contribution in [0.15, 0.2) is 42.5 Å². The van der Waals surface area contributed by atoms with Gasteiger partial charge < -0.3 is 10.2 Å². The Kier molecular flexibility index (Phi) is 7.43. The van der Waals surface area contributed by atoms with Gasteiger partial charge in [-0.25, -0.2) is 9.37 Å². The lowest BCUT2D eigenvalue weighted by molar-refractivity contribution is -0.385. The molecule has 1 aromatic heterocycles. The number of aromatic nitrogens is 2. The minimum Gasteiger partial charge on any atom is -0.351 e. The molecule has 0 spiro atoms. The van der Waals surface area contributed by atoms with Gasteiger partial charge in [-0.2, -0.15) is 4.37 Å². The Hall–Kier alpha value is -3.44. The predicted octanol–water partition coefficient (Wildman–Crippen LogP) is 3.04. The SMILES string of the molecule is Cc1ccc(C(=O)NCCN2CCN(c3nc(Cc4ccc(F)cc4)ns3)CC2)cc1[N+](=O)[O-]. The quantitative estimate of drug-likeness (QED) is 0.387. The molecular formula is C23H25FN6O3S. The van der Waals surface area contributed by atoms with Gasteiger partial charge in [0.2, 0.25) is 5.13 Å². The van der Waals surface area contributed by atoms with Gasteiger partial charge >= 0.3 is 0 Å². The van der Waals surface area contributed by atoms with E-state index in [1.807, 2.05) is 0 Å². The van der Waals surface area contributed by atoms with Crippen molar-refractivity contribution in [1.82, 2.24) is 19.6 Å². The van der Waals surface area contributed by atoms with Crippen LogP contribution in [-0.4, -0.2) is 64.4 Å². The third-order valence-corrected chi connectivity index (χ3v) is 6.57. The highest BCUT2D eigenvalue weighted by Gasteiger charge is 2.20. The first-order valence-electron chi connectivity index (χ1n) is 11.0. The van der Waals surface area contributed by atoms with E-state index < -0.39 is 4.92 Å². The molecule has 1 saturated heterocycles. The number of carbonyl (C=O) groups is 1. The van der Waals surface area contributed by atoms with Crippen molar-refractivity contribution in [3.05, 3.63) is 80.9 Å². The van der Waals surface area contributed by atoms with Crippen LogP contribution in [0.4, 0.5) is 15.2 Å². The molecule has 0 saturated carbocycles. The van der Waals surface area contributed by atoms with Gasteiger partial charge in [-0.15, -0.1) is 0 Å². The van der Waals surface area contributed by atoms with Crippen molar-refractivity contribution in [2.45, 2.75) is 13.3 Å². The lowest BCUT2D eigenvalue weighted by Gasteiger charge is -2.34.